The largest absolute Gasteiger partial charge is 0.335 e. The van der Waals surface area contributed by atoms with Gasteiger partial charge in [0.1, 0.15) is 0 Å². The summed E-state index contributed by atoms with van der Waals surface area (Å²) in [6.45, 7) is 4.63. The van der Waals surface area contributed by atoms with E-state index >= 15 is 0 Å². The minimum atomic E-state index is 0.0168. The van der Waals surface area contributed by atoms with Gasteiger partial charge in [0.2, 0.25) is 5.91 Å². The number of amides is 2. The van der Waals surface area contributed by atoms with Crippen LogP contribution >= 0.6 is 0 Å². The number of aromatic nitrogens is 1. The van der Waals surface area contributed by atoms with Crippen LogP contribution in [0.4, 0.5) is 0 Å². The molecule has 0 spiro atoms. The molecule has 5 nitrogen and oxygen atoms in total. The van der Waals surface area contributed by atoms with Gasteiger partial charge < -0.3 is 9.80 Å². The summed E-state index contributed by atoms with van der Waals surface area (Å²) in [5, 5.41) is 0. The van der Waals surface area contributed by atoms with Crippen LogP contribution < -0.4 is 0 Å². The van der Waals surface area contributed by atoms with Gasteiger partial charge in [0.25, 0.3) is 5.91 Å². The lowest BCUT2D eigenvalue weighted by molar-refractivity contribution is -0.132. The van der Waals surface area contributed by atoms with Crippen LogP contribution in [0.25, 0.3) is 0 Å². The number of nitrogens with zero attached hydrogens (tertiary/aromatic N) is 3. The standard InChI is InChI=1S/C19H25N3O2/c1-13(23)22-15-10-19(2)16(7-3-4-8-17(19)22)21(12-15)18(24)14-6-5-9-20-11-14/h5-6,9,11,15-17H,3-4,7-8,10,12H2,1-2H3/t15-,16+,17-,19+/m0/s1. The fourth-order valence-electron chi connectivity index (χ4n) is 5.52. The van der Waals surface area contributed by atoms with Crippen molar-refractivity contribution in [3.05, 3.63) is 30.1 Å². The molecule has 2 bridgehead atoms. The molecule has 24 heavy (non-hydrogen) atoms. The highest BCUT2D eigenvalue weighted by atomic mass is 16.2. The second-order valence-electron chi connectivity index (χ2n) is 7.81. The molecule has 5 heteroatoms. The first-order chi connectivity index (χ1) is 11.5. The lowest BCUT2D eigenvalue weighted by Crippen LogP contribution is -2.55. The third kappa shape index (κ3) is 2.17. The Morgan fingerprint density at radius 1 is 1.25 bits per heavy atom. The van der Waals surface area contributed by atoms with E-state index in [4.69, 9.17) is 0 Å². The lowest BCUT2D eigenvalue weighted by atomic mass is 9.71. The van der Waals surface area contributed by atoms with Crippen LogP contribution in [0.3, 0.4) is 0 Å². The maximum atomic E-state index is 13.1. The summed E-state index contributed by atoms with van der Waals surface area (Å²) in [5.74, 6) is 0.222. The van der Waals surface area contributed by atoms with Gasteiger partial charge in [-0.25, -0.2) is 0 Å². The molecule has 2 aliphatic heterocycles. The molecule has 1 aromatic rings. The SMILES string of the molecule is CC(=O)N1[C@@H]2CN(C(=O)c3cccnc3)[C@@H]3CCCC[C@H]1[C@]3(C)C2. The van der Waals surface area contributed by atoms with Crippen LogP contribution in [0, 0.1) is 5.41 Å². The number of fused-ring (bicyclic) bond motifs is 1. The van der Waals surface area contributed by atoms with Gasteiger partial charge in [-0.15, -0.1) is 0 Å². The summed E-state index contributed by atoms with van der Waals surface area (Å²) in [6.07, 6.45) is 8.75. The van der Waals surface area contributed by atoms with Gasteiger partial charge in [-0.2, -0.15) is 0 Å². The van der Waals surface area contributed by atoms with E-state index in [1.54, 1.807) is 19.3 Å². The first-order valence-electron chi connectivity index (χ1n) is 9.02. The van der Waals surface area contributed by atoms with E-state index in [2.05, 4.69) is 16.8 Å². The molecule has 3 aliphatic rings. The number of likely N-dealkylation sites (tertiary alicyclic amines) is 2. The van der Waals surface area contributed by atoms with E-state index in [-0.39, 0.29) is 35.4 Å². The molecule has 0 radical (unpaired) electrons. The predicted molar refractivity (Wildman–Crippen MR) is 90.3 cm³/mol. The molecule has 128 valence electrons. The van der Waals surface area contributed by atoms with Crippen molar-refractivity contribution in [2.24, 2.45) is 5.41 Å². The minimum Gasteiger partial charge on any atom is -0.335 e. The van der Waals surface area contributed by atoms with Crippen molar-refractivity contribution in [1.29, 1.82) is 0 Å². The average Bonchev–Trinajstić information content (AvgIpc) is 2.69. The van der Waals surface area contributed by atoms with Crippen molar-refractivity contribution in [2.45, 2.75) is 64.1 Å². The number of pyridine rings is 1. The van der Waals surface area contributed by atoms with Crippen LogP contribution in [0.15, 0.2) is 24.5 Å². The van der Waals surface area contributed by atoms with Gasteiger partial charge in [-0.05, 0) is 31.4 Å². The van der Waals surface area contributed by atoms with E-state index in [1.165, 1.54) is 0 Å². The Hall–Kier alpha value is -1.91. The topological polar surface area (TPSA) is 53.5 Å². The van der Waals surface area contributed by atoms with Gasteiger partial charge in [0.15, 0.2) is 0 Å². The number of carbonyl (C=O) groups excluding carboxylic acids is 2. The second-order valence-corrected chi connectivity index (χ2v) is 7.81. The average molecular weight is 327 g/mol. The third-order valence-corrected chi connectivity index (χ3v) is 6.45. The third-order valence-electron chi connectivity index (χ3n) is 6.45. The van der Waals surface area contributed by atoms with Crippen LogP contribution in [0.2, 0.25) is 0 Å². The fraction of sp³-hybridized carbons (Fsp3) is 0.632. The van der Waals surface area contributed by atoms with Gasteiger partial charge in [0.05, 0.1) is 11.6 Å². The normalized spacial score (nSPS) is 34.8. The molecule has 3 fully saturated rings. The highest BCUT2D eigenvalue weighted by molar-refractivity contribution is 5.94. The Labute approximate surface area is 143 Å². The van der Waals surface area contributed by atoms with Gasteiger partial charge in [-0.1, -0.05) is 19.8 Å². The van der Waals surface area contributed by atoms with Gasteiger partial charge >= 0.3 is 0 Å². The van der Waals surface area contributed by atoms with Crippen molar-refractivity contribution < 1.29 is 9.59 Å². The number of hydrogen-bond donors (Lipinski definition) is 0. The van der Waals surface area contributed by atoms with Gasteiger partial charge in [-0.3, -0.25) is 14.6 Å². The maximum absolute atomic E-state index is 13.1. The molecular weight excluding hydrogens is 302 g/mol. The number of carbonyl (C=O) groups is 2. The molecule has 4 rings (SSSR count). The zero-order valence-electron chi connectivity index (χ0n) is 14.4. The summed E-state index contributed by atoms with van der Waals surface area (Å²) in [7, 11) is 0. The Kier molecular flexibility index (Phi) is 3.62. The Balaban J connectivity index is 1.73. The van der Waals surface area contributed by atoms with Crippen molar-refractivity contribution >= 4 is 11.8 Å². The molecule has 1 aromatic heterocycles. The van der Waals surface area contributed by atoms with Crippen molar-refractivity contribution in [1.82, 2.24) is 14.8 Å². The highest BCUT2D eigenvalue weighted by Crippen LogP contribution is 2.53. The Morgan fingerprint density at radius 2 is 2.00 bits per heavy atom. The molecule has 0 aromatic carbocycles. The van der Waals surface area contributed by atoms with Crippen LogP contribution in [-0.4, -0.2) is 51.3 Å². The van der Waals surface area contributed by atoms with Crippen molar-refractivity contribution in [3.8, 4) is 0 Å². The quantitative estimate of drug-likeness (QED) is 0.796. The molecular formula is C19H25N3O2. The highest BCUT2D eigenvalue weighted by Gasteiger charge is 2.60. The summed E-state index contributed by atoms with van der Waals surface area (Å²) in [5.41, 5.74) is 0.667. The summed E-state index contributed by atoms with van der Waals surface area (Å²) in [4.78, 5) is 33.7. The smallest absolute Gasteiger partial charge is 0.255 e. The van der Waals surface area contributed by atoms with Crippen molar-refractivity contribution in [3.63, 3.8) is 0 Å². The predicted octanol–water partition coefficient (Wildman–Crippen LogP) is 2.48. The first kappa shape index (κ1) is 15.6. The monoisotopic (exact) mass is 327 g/mol. The summed E-state index contributed by atoms with van der Waals surface area (Å²) < 4.78 is 0. The Morgan fingerprint density at radius 3 is 2.67 bits per heavy atom. The van der Waals surface area contributed by atoms with E-state index < -0.39 is 0 Å². The van der Waals surface area contributed by atoms with Crippen molar-refractivity contribution in [2.75, 3.05) is 6.54 Å². The molecule has 3 heterocycles. The molecule has 0 N–H and O–H groups in total. The maximum Gasteiger partial charge on any atom is 0.255 e. The summed E-state index contributed by atoms with van der Waals surface area (Å²) >= 11 is 0. The lowest BCUT2D eigenvalue weighted by Gasteiger charge is -2.46. The first-order valence-corrected chi connectivity index (χ1v) is 9.02. The van der Waals surface area contributed by atoms with E-state index in [9.17, 15) is 9.59 Å². The van der Waals surface area contributed by atoms with E-state index in [0.717, 1.165) is 32.1 Å². The molecule has 0 unspecified atom stereocenters. The van der Waals surface area contributed by atoms with Crippen LogP contribution in [0.1, 0.15) is 56.3 Å². The number of piperidine rings is 1. The van der Waals surface area contributed by atoms with E-state index in [0.29, 0.717) is 12.1 Å². The molecule has 2 amide bonds. The number of hydrogen-bond acceptors (Lipinski definition) is 3. The van der Waals surface area contributed by atoms with Gasteiger partial charge in [0, 0.05) is 43.4 Å². The zero-order valence-corrected chi connectivity index (χ0v) is 14.4. The summed E-state index contributed by atoms with van der Waals surface area (Å²) in [6, 6.07) is 4.31. The second kappa shape index (κ2) is 5.57. The molecule has 2 saturated heterocycles. The fourth-order valence-corrected chi connectivity index (χ4v) is 5.52. The molecule has 1 saturated carbocycles. The zero-order chi connectivity index (χ0) is 16.9. The van der Waals surface area contributed by atoms with E-state index in [1.807, 2.05) is 17.0 Å². The molecule has 4 atom stereocenters. The minimum absolute atomic E-state index is 0.0168. The van der Waals surface area contributed by atoms with Crippen LogP contribution in [-0.2, 0) is 4.79 Å². The Bertz CT molecular complexity index is 662. The van der Waals surface area contributed by atoms with Crippen LogP contribution in [0.5, 0.6) is 0 Å². The molecule has 1 aliphatic carbocycles. The number of rotatable bonds is 1.